The first-order chi connectivity index (χ1) is 16.6. The van der Waals surface area contributed by atoms with Crippen molar-refractivity contribution >= 4 is 23.7 Å². The maximum absolute atomic E-state index is 13.2. The number of carbonyl (C=O) groups is 4. The molecule has 3 amide bonds. The van der Waals surface area contributed by atoms with Crippen LogP contribution in [-0.2, 0) is 20.9 Å². The molecular weight excluding hydrogens is 453 g/mol. The van der Waals surface area contributed by atoms with Crippen LogP contribution >= 0.6 is 0 Å². The number of aromatic nitrogens is 1. The topological polar surface area (TPSA) is 97.7 Å². The summed E-state index contributed by atoms with van der Waals surface area (Å²) in [4.78, 5) is 51.5. The molecule has 1 aliphatic carbocycles. The lowest BCUT2D eigenvalue weighted by Gasteiger charge is -2.36. The molecule has 8 nitrogen and oxygen atoms in total. The van der Waals surface area contributed by atoms with Crippen LogP contribution in [0.15, 0.2) is 30.3 Å². The number of ketones is 1. The van der Waals surface area contributed by atoms with E-state index in [0.29, 0.717) is 24.2 Å². The number of esters is 1. The summed E-state index contributed by atoms with van der Waals surface area (Å²) >= 11 is 0. The van der Waals surface area contributed by atoms with Gasteiger partial charge in [0.15, 0.2) is 6.61 Å². The van der Waals surface area contributed by atoms with E-state index in [9.17, 15) is 23.6 Å². The van der Waals surface area contributed by atoms with Crippen LogP contribution in [0.4, 0.5) is 9.18 Å². The van der Waals surface area contributed by atoms with Crippen molar-refractivity contribution in [2.45, 2.75) is 58.5 Å². The number of amides is 3. The minimum Gasteiger partial charge on any atom is -0.456 e. The Balaban J connectivity index is 1.36. The van der Waals surface area contributed by atoms with Crippen molar-refractivity contribution < 1.29 is 28.3 Å². The monoisotopic (exact) mass is 483 g/mol. The molecular formula is C26H30FN3O5. The fourth-order valence-electron chi connectivity index (χ4n) is 5.14. The highest BCUT2D eigenvalue weighted by molar-refractivity contribution is 6.09. The zero-order valence-corrected chi connectivity index (χ0v) is 20.2. The van der Waals surface area contributed by atoms with Crippen molar-refractivity contribution in [3.05, 3.63) is 58.7 Å². The Kier molecular flexibility index (Phi) is 6.78. The standard InChI is InChI=1S/C26H30FN3O5/c1-16-6-4-5-11-26(16)24(33)30(25(34)28-26)14-23(32)35-15-22(31)21-12-17(2)29(18(21)3)13-19-7-9-20(27)10-8-19/h7-10,12,16H,4-6,11,13-15H2,1-3H3,(H,28,34). The number of halogens is 1. The van der Waals surface area contributed by atoms with Crippen molar-refractivity contribution in [3.63, 3.8) is 0 Å². The Labute approximate surface area is 203 Å². The van der Waals surface area contributed by atoms with Crippen LogP contribution in [0.2, 0.25) is 0 Å². The van der Waals surface area contributed by atoms with Gasteiger partial charge in [0, 0.05) is 23.5 Å². The van der Waals surface area contributed by atoms with Crippen LogP contribution in [0.5, 0.6) is 0 Å². The number of hydrogen-bond acceptors (Lipinski definition) is 5. The molecule has 1 aliphatic heterocycles. The first-order valence-electron chi connectivity index (χ1n) is 11.9. The zero-order valence-electron chi connectivity index (χ0n) is 20.2. The van der Waals surface area contributed by atoms with Gasteiger partial charge in [-0.15, -0.1) is 0 Å². The molecule has 2 heterocycles. The van der Waals surface area contributed by atoms with Crippen LogP contribution in [-0.4, -0.2) is 51.8 Å². The lowest BCUT2D eigenvalue weighted by molar-refractivity contribution is -0.147. The van der Waals surface area contributed by atoms with E-state index in [-0.39, 0.29) is 17.5 Å². The maximum atomic E-state index is 13.2. The molecule has 35 heavy (non-hydrogen) atoms. The number of nitrogens with one attached hydrogen (secondary N) is 1. The third-order valence-corrected chi connectivity index (χ3v) is 7.28. The second-order valence-corrected chi connectivity index (χ2v) is 9.52. The fourth-order valence-corrected chi connectivity index (χ4v) is 5.14. The van der Waals surface area contributed by atoms with E-state index >= 15 is 0 Å². The van der Waals surface area contributed by atoms with Crippen LogP contribution in [0.1, 0.15) is 59.9 Å². The molecule has 9 heteroatoms. The van der Waals surface area contributed by atoms with Gasteiger partial charge in [-0.3, -0.25) is 19.3 Å². The van der Waals surface area contributed by atoms with Crippen molar-refractivity contribution in [1.82, 2.24) is 14.8 Å². The Morgan fingerprint density at radius 3 is 2.57 bits per heavy atom. The average Bonchev–Trinajstić information content (AvgIpc) is 3.24. The lowest BCUT2D eigenvalue weighted by atomic mass is 9.73. The molecule has 2 aliphatic rings. The summed E-state index contributed by atoms with van der Waals surface area (Å²) < 4.78 is 20.3. The van der Waals surface area contributed by atoms with Crippen LogP contribution in [0.25, 0.3) is 0 Å². The molecule has 0 bridgehead atoms. The van der Waals surface area contributed by atoms with Crippen LogP contribution < -0.4 is 5.32 Å². The molecule has 0 radical (unpaired) electrons. The molecule has 2 unspecified atom stereocenters. The molecule has 1 aromatic carbocycles. The second kappa shape index (κ2) is 9.64. The van der Waals surface area contributed by atoms with Gasteiger partial charge in [-0.1, -0.05) is 31.9 Å². The van der Waals surface area contributed by atoms with Crippen LogP contribution in [0, 0.1) is 25.6 Å². The minimum atomic E-state index is -0.951. The highest BCUT2D eigenvalue weighted by Gasteiger charge is 2.55. The van der Waals surface area contributed by atoms with Gasteiger partial charge in [0.1, 0.15) is 17.9 Å². The number of urea groups is 1. The number of Topliss-reactive ketones (excluding diaryl/α,β-unsaturated/α-hetero) is 1. The van der Waals surface area contributed by atoms with E-state index in [2.05, 4.69) is 5.32 Å². The number of rotatable bonds is 7. The van der Waals surface area contributed by atoms with Gasteiger partial charge in [-0.2, -0.15) is 0 Å². The summed E-state index contributed by atoms with van der Waals surface area (Å²) in [5, 5.41) is 2.79. The summed E-state index contributed by atoms with van der Waals surface area (Å²) in [6.07, 6.45) is 3.22. The van der Waals surface area contributed by atoms with Gasteiger partial charge in [0.2, 0.25) is 5.78 Å². The number of benzene rings is 1. The molecule has 1 aromatic heterocycles. The molecule has 1 saturated carbocycles. The molecule has 186 valence electrons. The molecule has 2 aromatic rings. The van der Waals surface area contributed by atoms with Gasteiger partial charge < -0.3 is 14.6 Å². The van der Waals surface area contributed by atoms with Crippen molar-refractivity contribution in [2.75, 3.05) is 13.2 Å². The SMILES string of the molecule is Cc1cc(C(=O)COC(=O)CN2C(=O)NC3(CCCCC3C)C2=O)c(C)n1Cc1ccc(F)cc1. The molecule has 1 N–H and O–H groups in total. The highest BCUT2D eigenvalue weighted by atomic mass is 19.1. The lowest BCUT2D eigenvalue weighted by Crippen LogP contribution is -2.54. The number of ether oxygens (including phenoxy) is 1. The van der Waals surface area contributed by atoms with Gasteiger partial charge in [-0.05, 0) is 56.4 Å². The van der Waals surface area contributed by atoms with E-state index in [0.717, 1.165) is 35.4 Å². The first-order valence-corrected chi connectivity index (χ1v) is 11.9. The highest BCUT2D eigenvalue weighted by Crippen LogP contribution is 2.38. The van der Waals surface area contributed by atoms with Gasteiger partial charge in [0.05, 0.1) is 0 Å². The number of hydrogen-bond donors (Lipinski definition) is 1. The van der Waals surface area contributed by atoms with Crippen LogP contribution in [0.3, 0.4) is 0 Å². The van der Waals surface area contributed by atoms with E-state index in [1.54, 1.807) is 25.1 Å². The quantitative estimate of drug-likeness (QED) is 0.369. The van der Waals surface area contributed by atoms with E-state index in [4.69, 9.17) is 4.74 Å². The summed E-state index contributed by atoms with van der Waals surface area (Å²) in [5.41, 5.74) is 1.90. The van der Waals surface area contributed by atoms with Gasteiger partial charge in [-0.25, -0.2) is 9.18 Å². The molecule has 1 spiro atoms. The van der Waals surface area contributed by atoms with Gasteiger partial charge in [0.25, 0.3) is 5.91 Å². The van der Waals surface area contributed by atoms with E-state index in [1.807, 2.05) is 18.4 Å². The number of imide groups is 1. The molecule has 2 atom stereocenters. The van der Waals surface area contributed by atoms with Crippen molar-refractivity contribution in [3.8, 4) is 0 Å². The number of carbonyl (C=O) groups excluding carboxylic acids is 4. The second-order valence-electron chi connectivity index (χ2n) is 9.52. The summed E-state index contributed by atoms with van der Waals surface area (Å²) in [7, 11) is 0. The molecule has 4 rings (SSSR count). The summed E-state index contributed by atoms with van der Waals surface area (Å²) in [6, 6.07) is 7.27. The maximum Gasteiger partial charge on any atom is 0.326 e. The number of aryl methyl sites for hydroxylation is 1. The average molecular weight is 484 g/mol. The number of nitrogens with zero attached hydrogens (tertiary/aromatic N) is 2. The predicted molar refractivity (Wildman–Crippen MR) is 125 cm³/mol. The van der Waals surface area contributed by atoms with E-state index < -0.39 is 36.6 Å². The van der Waals surface area contributed by atoms with Crippen molar-refractivity contribution in [2.24, 2.45) is 5.92 Å². The third-order valence-electron chi connectivity index (χ3n) is 7.28. The van der Waals surface area contributed by atoms with Crippen molar-refractivity contribution in [1.29, 1.82) is 0 Å². The smallest absolute Gasteiger partial charge is 0.326 e. The third kappa shape index (κ3) is 4.72. The fraction of sp³-hybridized carbons (Fsp3) is 0.462. The zero-order chi connectivity index (χ0) is 25.3. The first kappa shape index (κ1) is 24.6. The van der Waals surface area contributed by atoms with Gasteiger partial charge >= 0.3 is 12.0 Å². The molecule has 1 saturated heterocycles. The Morgan fingerprint density at radius 1 is 1.17 bits per heavy atom. The Morgan fingerprint density at radius 2 is 1.89 bits per heavy atom. The summed E-state index contributed by atoms with van der Waals surface area (Å²) in [5.74, 6) is -1.93. The Hall–Kier alpha value is -3.49. The predicted octanol–water partition coefficient (Wildman–Crippen LogP) is 3.52. The normalized spacial score (nSPS) is 21.9. The summed E-state index contributed by atoms with van der Waals surface area (Å²) in [6.45, 7) is 5.03. The minimum absolute atomic E-state index is 0.0135. The molecule has 2 fully saturated rings. The largest absolute Gasteiger partial charge is 0.456 e. The van der Waals surface area contributed by atoms with E-state index in [1.165, 1.54) is 12.1 Å². The Bertz CT molecular complexity index is 1170.